The summed E-state index contributed by atoms with van der Waals surface area (Å²) >= 11 is 5.83. The summed E-state index contributed by atoms with van der Waals surface area (Å²) in [5.41, 5.74) is 0.189. The number of para-hydroxylation sites is 1. The fourth-order valence-corrected chi connectivity index (χ4v) is 1.80. The number of hydrogen-bond acceptors (Lipinski definition) is 3. The van der Waals surface area contributed by atoms with E-state index in [0.717, 1.165) is 0 Å². The molecule has 0 spiro atoms. The molecule has 0 aliphatic heterocycles. The van der Waals surface area contributed by atoms with Crippen molar-refractivity contribution in [2.45, 2.75) is 0 Å². The number of esters is 1. The summed E-state index contributed by atoms with van der Waals surface area (Å²) in [6.07, 6.45) is 0. The van der Waals surface area contributed by atoms with Gasteiger partial charge in [-0.3, -0.25) is 4.79 Å². The zero-order valence-corrected chi connectivity index (χ0v) is 11.6. The van der Waals surface area contributed by atoms with Crippen molar-refractivity contribution in [3.05, 3.63) is 64.9 Å². The summed E-state index contributed by atoms with van der Waals surface area (Å²) in [6, 6.07) is 12.0. The van der Waals surface area contributed by atoms with Crippen LogP contribution in [0.1, 0.15) is 10.4 Å². The van der Waals surface area contributed by atoms with E-state index in [4.69, 9.17) is 16.3 Å². The molecule has 0 radical (unpaired) electrons. The molecular weight excluding hydrogens is 297 g/mol. The van der Waals surface area contributed by atoms with Gasteiger partial charge in [-0.25, -0.2) is 9.18 Å². The Morgan fingerprint density at radius 2 is 1.76 bits per heavy atom. The van der Waals surface area contributed by atoms with E-state index >= 15 is 0 Å². The number of rotatable bonds is 4. The molecule has 0 fully saturated rings. The predicted octanol–water partition coefficient (Wildman–Crippen LogP) is 3.27. The lowest BCUT2D eigenvalue weighted by Gasteiger charge is -2.08. The van der Waals surface area contributed by atoms with E-state index in [0.29, 0.717) is 0 Å². The molecule has 0 atom stereocenters. The smallest absolute Gasteiger partial charge is 0.340 e. The molecular formula is C15H11ClFNO3. The maximum absolute atomic E-state index is 13.3. The van der Waals surface area contributed by atoms with Crippen molar-refractivity contribution in [1.29, 1.82) is 0 Å². The second-order valence-electron chi connectivity index (χ2n) is 4.08. The van der Waals surface area contributed by atoms with Crippen LogP contribution in [0.4, 0.5) is 10.1 Å². The van der Waals surface area contributed by atoms with Crippen molar-refractivity contribution in [3.8, 4) is 0 Å². The van der Waals surface area contributed by atoms with Gasteiger partial charge in [0.2, 0.25) is 0 Å². The molecule has 0 heterocycles. The largest absolute Gasteiger partial charge is 0.452 e. The van der Waals surface area contributed by atoms with Crippen molar-refractivity contribution in [3.63, 3.8) is 0 Å². The van der Waals surface area contributed by atoms with Gasteiger partial charge in [0.25, 0.3) is 5.91 Å². The Kier molecular flexibility index (Phi) is 4.90. The number of ether oxygens (including phenoxy) is 1. The summed E-state index contributed by atoms with van der Waals surface area (Å²) in [5, 5.41) is 2.54. The van der Waals surface area contributed by atoms with Gasteiger partial charge in [0.15, 0.2) is 6.61 Å². The summed E-state index contributed by atoms with van der Waals surface area (Å²) in [6.45, 7) is -0.529. The van der Waals surface area contributed by atoms with Crippen LogP contribution >= 0.6 is 11.6 Å². The molecule has 1 amide bonds. The number of anilines is 1. The molecule has 2 rings (SSSR count). The molecule has 108 valence electrons. The van der Waals surface area contributed by atoms with Gasteiger partial charge < -0.3 is 10.1 Å². The first kappa shape index (κ1) is 15.0. The third-order valence-electron chi connectivity index (χ3n) is 2.58. The van der Waals surface area contributed by atoms with Crippen molar-refractivity contribution >= 4 is 29.2 Å². The highest BCUT2D eigenvalue weighted by molar-refractivity contribution is 6.33. The van der Waals surface area contributed by atoms with E-state index in [1.165, 1.54) is 30.3 Å². The number of benzene rings is 2. The number of hydrogen-bond donors (Lipinski definition) is 1. The minimum atomic E-state index is -0.718. The predicted molar refractivity (Wildman–Crippen MR) is 76.8 cm³/mol. The second-order valence-corrected chi connectivity index (χ2v) is 4.49. The van der Waals surface area contributed by atoms with Crippen LogP contribution in [-0.2, 0) is 9.53 Å². The number of amides is 1. The van der Waals surface area contributed by atoms with Gasteiger partial charge in [-0.15, -0.1) is 0 Å². The summed E-state index contributed by atoms with van der Waals surface area (Å²) < 4.78 is 18.2. The fraction of sp³-hybridized carbons (Fsp3) is 0.0667. The molecule has 0 bridgehead atoms. The molecule has 0 saturated carbocycles. The lowest BCUT2D eigenvalue weighted by atomic mass is 10.2. The quantitative estimate of drug-likeness (QED) is 0.882. The molecule has 0 aromatic heterocycles. The van der Waals surface area contributed by atoms with Crippen LogP contribution in [0.15, 0.2) is 48.5 Å². The first-order valence-electron chi connectivity index (χ1n) is 6.04. The maximum atomic E-state index is 13.3. The number of nitrogens with one attached hydrogen (secondary N) is 1. The number of halogens is 2. The Bertz CT molecular complexity index is 675. The average molecular weight is 308 g/mol. The van der Waals surface area contributed by atoms with E-state index in [1.54, 1.807) is 18.2 Å². The molecule has 21 heavy (non-hydrogen) atoms. The van der Waals surface area contributed by atoms with E-state index in [1.807, 2.05) is 0 Å². The lowest BCUT2D eigenvalue weighted by molar-refractivity contribution is -0.119. The fourth-order valence-electron chi connectivity index (χ4n) is 1.58. The van der Waals surface area contributed by atoms with Crippen LogP contribution in [0, 0.1) is 5.82 Å². The number of carbonyl (C=O) groups is 2. The van der Waals surface area contributed by atoms with E-state index in [2.05, 4.69) is 5.32 Å². The van der Waals surface area contributed by atoms with Gasteiger partial charge in [0.05, 0.1) is 16.3 Å². The van der Waals surface area contributed by atoms with Crippen LogP contribution in [0.5, 0.6) is 0 Å². The third kappa shape index (κ3) is 4.03. The average Bonchev–Trinajstić information content (AvgIpc) is 2.48. The minimum Gasteiger partial charge on any atom is -0.452 e. The lowest BCUT2D eigenvalue weighted by Crippen LogP contribution is -2.21. The monoisotopic (exact) mass is 307 g/mol. The van der Waals surface area contributed by atoms with Crippen LogP contribution in [-0.4, -0.2) is 18.5 Å². The Morgan fingerprint density at radius 1 is 1.10 bits per heavy atom. The van der Waals surface area contributed by atoms with Gasteiger partial charge in [0, 0.05) is 0 Å². The van der Waals surface area contributed by atoms with Gasteiger partial charge in [0.1, 0.15) is 5.82 Å². The van der Waals surface area contributed by atoms with E-state index in [9.17, 15) is 14.0 Å². The van der Waals surface area contributed by atoms with Crippen LogP contribution in [0.2, 0.25) is 5.02 Å². The van der Waals surface area contributed by atoms with Crippen LogP contribution < -0.4 is 5.32 Å². The first-order valence-corrected chi connectivity index (χ1v) is 6.42. The zero-order valence-electron chi connectivity index (χ0n) is 10.8. The molecule has 0 aliphatic carbocycles. The van der Waals surface area contributed by atoms with Gasteiger partial charge in [-0.2, -0.15) is 0 Å². The minimum absolute atomic E-state index is 0.0243. The molecule has 0 aliphatic rings. The topological polar surface area (TPSA) is 55.4 Å². The molecule has 4 nitrogen and oxygen atoms in total. The second kappa shape index (κ2) is 6.85. The van der Waals surface area contributed by atoms with E-state index in [-0.39, 0.29) is 16.3 Å². The number of carbonyl (C=O) groups excluding carboxylic acids is 2. The first-order chi connectivity index (χ1) is 10.1. The Hall–Kier alpha value is -2.40. The molecule has 2 aromatic rings. The Morgan fingerprint density at radius 3 is 2.48 bits per heavy atom. The van der Waals surface area contributed by atoms with Gasteiger partial charge in [-0.1, -0.05) is 35.9 Å². The van der Waals surface area contributed by atoms with Crippen LogP contribution in [0.3, 0.4) is 0 Å². The van der Waals surface area contributed by atoms with Gasteiger partial charge >= 0.3 is 5.97 Å². The van der Waals surface area contributed by atoms with Crippen molar-refractivity contribution in [2.24, 2.45) is 0 Å². The van der Waals surface area contributed by atoms with Crippen molar-refractivity contribution in [2.75, 3.05) is 11.9 Å². The normalized spacial score (nSPS) is 10.0. The Labute approximate surface area is 125 Å². The third-order valence-corrected chi connectivity index (χ3v) is 2.91. The summed E-state index contributed by atoms with van der Waals surface area (Å²) in [5.74, 6) is -1.92. The zero-order chi connectivity index (χ0) is 15.2. The SMILES string of the molecule is O=C(COC(=O)c1ccccc1Cl)Nc1ccccc1F. The highest BCUT2D eigenvalue weighted by atomic mass is 35.5. The molecule has 0 saturated heterocycles. The van der Waals surface area contributed by atoms with Crippen molar-refractivity contribution < 1.29 is 18.7 Å². The molecule has 6 heteroatoms. The summed E-state index contributed by atoms with van der Waals surface area (Å²) in [7, 11) is 0. The molecule has 0 unspecified atom stereocenters. The highest BCUT2D eigenvalue weighted by Crippen LogP contribution is 2.16. The summed E-state index contributed by atoms with van der Waals surface area (Å²) in [4.78, 5) is 23.3. The molecule has 2 aromatic carbocycles. The standard InChI is InChI=1S/C15H11ClFNO3/c16-11-6-2-1-5-10(11)15(20)21-9-14(19)18-13-8-4-3-7-12(13)17/h1-8H,9H2,(H,18,19). The van der Waals surface area contributed by atoms with Gasteiger partial charge in [-0.05, 0) is 24.3 Å². The highest BCUT2D eigenvalue weighted by Gasteiger charge is 2.13. The van der Waals surface area contributed by atoms with Crippen LogP contribution in [0.25, 0.3) is 0 Å². The van der Waals surface area contributed by atoms with E-state index < -0.39 is 24.3 Å². The maximum Gasteiger partial charge on any atom is 0.340 e. The van der Waals surface area contributed by atoms with Crippen molar-refractivity contribution in [1.82, 2.24) is 0 Å². The molecule has 1 N–H and O–H groups in total. The Balaban J connectivity index is 1.91.